The number of aromatic nitrogens is 1. The Hall–Kier alpha value is -2.26. The molecule has 0 bridgehead atoms. The van der Waals surface area contributed by atoms with E-state index in [1.54, 1.807) is 0 Å². The molecule has 0 aliphatic heterocycles. The fourth-order valence-corrected chi connectivity index (χ4v) is 2.95. The number of hydrogen-bond donors (Lipinski definition) is 1. The van der Waals surface area contributed by atoms with Crippen molar-refractivity contribution in [2.45, 2.75) is 26.4 Å². The summed E-state index contributed by atoms with van der Waals surface area (Å²) in [6.07, 6.45) is 0. The highest BCUT2D eigenvalue weighted by Crippen LogP contribution is 2.20. The normalized spacial score (nSPS) is 12.3. The van der Waals surface area contributed by atoms with E-state index in [9.17, 15) is 4.79 Å². The number of hydrogen-bond acceptors (Lipinski definition) is 1. The van der Waals surface area contributed by atoms with Crippen molar-refractivity contribution < 1.29 is 4.79 Å². The molecule has 1 N–H and O–H groups in total. The van der Waals surface area contributed by atoms with Gasteiger partial charge in [-0.3, -0.25) is 4.79 Å². The van der Waals surface area contributed by atoms with Gasteiger partial charge < -0.3 is 9.88 Å². The van der Waals surface area contributed by atoms with Crippen LogP contribution in [0.15, 0.2) is 54.6 Å². The van der Waals surface area contributed by atoms with Crippen molar-refractivity contribution in [3.63, 3.8) is 0 Å². The summed E-state index contributed by atoms with van der Waals surface area (Å²) in [5, 5.41) is 4.90. The van der Waals surface area contributed by atoms with Crippen LogP contribution in [0.5, 0.6) is 0 Å². The molecule has 0 fully saturated rings. The molecule has 1 aromatic heterocycles. The van der Waals surface area contributed by atoms with Crippen molar-refractivity contribution in [3.8, 4) is 0 Å². The molecule has 0 radical (unpaired) electrons. The third-order valence-electron chi connectivity index (χ3n) is 4.07. The lowest BCUT2D eigenvalue weighted by Gasteiger charge is -2.16. The molecule has 3 nitrogen and oxygen atoms in total. The number of aryl methyl sites for hydroxylation is 1. The van der Waals surface area contributed by atoms with E-state index in [0.717, 1.165) is 22.2 Å². The maximum Gasteiger partial charge on any atom is 0.240 e. The summed E-state index contributed by atoms with van der Waals surface area (Å²) in [4.78, 5) is 12.4. The van der Waals surface area contributed by atoms with Gasteiger partial charge in [-0.15, -0.1) is 0 Å². The summed E-state index contributed by atoms with van der Waals surface area (Å²) < 4.78 is 2.04. The highest BCUT2D eigenvalue weighted by molar-refractivity contribution is 6.30. The highest BCUT2D eigenvalue weighted by atomic mass is 35.5. The van der Waals surface area contributed by atoms with Crippen LogP contribution in [-0.2, 0) is 11.3 Å². The van der Waals surface area contributed by atoms with Crippen LogP contribution in [0.25, 0.3) is 10.9 Å². The molecule has 4 heteroatoms. The Morgan fingerprint density at radius 3 is 2.61 bits per heavy atom. The van der Waals surface area contributed by atoms with Crippen LogP contribution in [0.2, 0.25) is 5.02 Å². The van der Waals surface area contributed by atoms with Gasteiger partial charge in [0.15, 0.2) is 0 Å². The first-order chi connectivity index (χ1) is 11.0. The molecule has 1 amide bonds. The summed E-state index contributed by atoms with van der Waals surface area (Å²) in [5.41, 5.74) is 3.21. The van der Waals surface area contributed by atoms with E-state index in [1.807, 2.05) is 60.9 Å². The van der Waals surface area contributed by atoms with Crippen molar-refractivity contribution in [1.82, 2.24) is 9.88 Å². The van der Waals surface area contributed by atoms with Gasteiger partial charge in [0.2, 0.25) is 5.91 Å². The summed E-state index contributed by atoms with van der Waals surface area (Å²) in [7, 11) is 0. The molecule has 0 aliphatic rings. The molecule has 0 saturated carbocycles. The number of nitrogens with one attached hydrogen (secondary N) is 1. The van der Waals surface area contributed by atoms with E-state index in [-0.39, 0.29) is 11.9 Å². The minimum absolute atomic E-state index is 0.00287. The van der Waals surface area contributed by atoms with E-state index in [0.29, 0.717) is 11.6 Å². The average Bonchev–Trinajstić information content (AvgIpc) is 2.84. The van der Waals surface area contributed by atoms with Gasteiger partial charge in [-0.25, -0.2) is 0 Å². The molecule has 3 aromatic rings. The van der Waals surface area contributed by atoms with Gasteiger partial charge >= 0.3 is 0 Å². The number of para-hydroxylation sites is 1. The fourth-order valence-electron chi connectivity index (χ4n) is 2.82. The zero-order chi connectivity index (χ0) is 16.4. The number of carbonyl (C=O) groups is 1. The van der Waals surface area contributed by atoms with Gasteiger partial charge in [0.1, 0.15) is 6.54 Å². The summed E-state index contributed by atoms with van der Waals surface area (Å²) >= 11 is 5.90. The first-order valence-electron chi connectivity index (χ1n) is 7.64. The van der Waals surface area contributed by atoms with Gasteiger partial charge in [0, 0.05) is 16.2 Å². The maximum absolute atomic E-state index is 12.4. The van der Waals surface area contributed by atoms with Gasteiger partial charge in [0.05, 0.1) is 6.04 Å². The van der Waals surface area contributed by atoms with Crippen LogP contribution in [0, 0.1) is 6.92 Å². The van der Waals surface area contributed by atoms with E-state index in [4.69, 9.17) is 11.6 Å². The van der Waals surface area contributed by atoms with Crippen molar-refractivity contribution in [2.75, 3.05) is 0 Å². The Kier molecular flexibility index (Phi) is 4.39. The van der Waals surface area contributed by atoms with E-state index in [2.05, 4.69) is 17.4 Å². The summed E-state index contributed by atoms with van der Waals surface area (Å²) in [6, 6.07) is 17.7. The minimum Gasteiger partial charge on any atom is -0.348 e. The lowest BCUT2D eigenvalue weighted by Crippen LogP contribution is -2.30. The second kappa shape index (κ2) is 6.47. The third kappa shape index (κ3) is 3.40. The molecule has 3 rings (SSSR count). The molecule has 1 heterocycles. The Morgan fingerprint density at radius 2 is 1.87 bits per heavy atom. The molecule has 0 saturated heterocycles. The molecule has 0 spiro atoms. The molecule has 0 aliphatic carbocycles. The van der Waals surface area contributed by atoms with Crippen LogP contribution in [0.1, 0.15) is 24.2 Å². The zero-order valence-electron chi connectivity index (χ0n) is 13.2. The average molecular weight is 327 g/mol. The van der Waals surface area contributed by atoms with Gasteiger partial charge in [-0.1, -0.05) is 41.9 Å². The van der Waals surface area contributed by atoms with Crippen LogP contribution in [-0.4, -0.2) is 10.5 Å². The topological polar surface area (TPSA) is 34.0 Å². The number of fused-ring (bicyclic) bond motifs is 1. The quantitative estimate of drug-likeness (QED) is 0.753. The Bertz CT molecular complexity index is 836. The lowest BCUT2D eigenvalue weighted by atomic mass is 10.1. The molecule has 2 aromatic carbocycles. The molecular weight excluding hydrogens is 308 g/mol. The van der Waals surface area contributed by atoms with Crippen LogP contribution in [0.3, 0.4) is 0 Å². The molecule has 0 unspecified atom stereocenters. The Balaban J connectivity index is 1.73. The Labute approximate surface area is 140 Å². The van der Waals surface area contributed by atoms with Crippen LogP contribution < -0.4 is 5.32 Å². The molecule has 1 atom stereocenters. The van der Waals surface area contributed by atoms with Crippen molar-refractivity contribution >= 4 is 28.4 Å². The number of amides is 1. The predicted molar refractivity (Wildman–Crippen MR) is 94.7 cm³/mol. The zero-order valence-corrected chi connectivity index (χ0v) is 14.0. The lowest BCUT2D eigenvalue weighted by molar-refractivity contribution is -0.122. The standard InChI is InChI=1S/C19H19ClN2O/c1-13-11-16-5-3-4-6-18(16)22(13)12-19(23)21-14(2)15-7-9-17(20)10-8-15/h3-11,14H,12H2,1-2H3,(H,21,23)/t14-/m1/s1. The number of halogens is 1. The third-order valence-corrected chi connectivity index (χ3v) is 4.32. The van der Waals surface area contributed by atoms with Crippen LogP contribution >= 0.6 is 11.6 Å². The van der Waals surface area contributed by atoms with Crippen molar-refractivity contribution in [2.24, 2.45) is 0 Å². The second-order valence-corrected chi connectivity index (χ2v) is 6.21. The van der Waals surface area contributed by atoms with Gasteiger partial charge in [-0.05, 0) is 49.1 Å². The van der Waals surface area contributed by atoms with Gasteiger partial charge in [-0.2, -0.15) is 0 Å². The molecule has 118 valence electrons. The first kappa shape index (κ1) is 15.6. The molecular formula is C19H19ClN2O. The summed E-state index contributed by atoms with van der Waals surface area (Å²) in [6.45, 7) is 4.31. The van der Waals surface area contributed by atoms with Crippen LogP contribution in [0.4, 0.5) is 0 Å². The number of rotatable bonds is 4. The predicted octanol–water partition coefficient (Wildman–Crippen LogP) is 4.48. The Morgan fingerprint density at radius 1 is 1.17 bits per heavy atom. The maximum atomic E-state index is 12.4. The number of nitrogens with zero attached hydrogens (tertiary/aromatic N) is 1. The van der Waals surface area contributed by atoms with Crippen molar-refractivity contribution in [3.05, 3.63) is 70.9 Å². The SMILES string of the molecule is Cc1cc2ccccc2n1CC(=O)N[C@H](C)c1ccc(Cl)cc1. The van der Waals surface area contributed by atoms with E-state index in [1.165, 1.54) is 0 Å². The highest BCUT2D eigenvalue weighted by Gasteiger charge is 2.12. The second-order valence-electron chi connectivity index (χ2n) is 5.77. The monoisotopic (exact) mass is 326 g/mol. The summed E-state index contributed by atoms with van der Waals surface area (Å²) in [5.74, 6) is -0.00287. The smallest absolute Gasteiger partial charge is 0.240 e. The first-order valence-corrected chi connectivity index (χ1v) is 8.02. The largest absolute Gasteiger partial charge is 0.348 e. The number of benzene rings is 2. The minimum atomic E-state index is -0.0538. The fraction of sp³-hybridized carbons (Fsp3) is 0.211. The molecule has 23 heavy (non-hydrogen) atoms. The van der Waals surface area contributed by atoms with E-state index >= 15 is 0 Å². The van der Waals surface area contributed by atoms with E-state index < -0.39 is 0 Å². The van der Waals surface area contributed by atoms with Crippen molar-refractivity contribution in [1.29, 1.82) is 0 Å². The van der Waals surface area contributed by atoms with Gasteiger partial charge in [0.25, 0.3) is 0 Å². The number of carbonyl (C=O) groups excluding carboxylic acids is 1.